The maximum absolute atomic E-state index is 12.0. The molecule has 0 aliphatic carbocycles. The van der Waals surface area contributed by atoms with Gasteiger partial charge in [-0.2, -0.15) is 0 Å². The zero-order chi connectivity index (χ0) is 17.4. The molecule has 1 aromatic rings. The molecule has 0 bridgehead atoms. The van der Waals surface area contributed by atoms with Gasteiger partial charge >= 0.3 is 5.97 Å². The van der Waals surface area contributed by atoms with Crippen LogP contribution >= 0.6 is 11.8 Å². The molecule has 0 aliphatic rings. The minimum atomic E-state index is -0.848. The summed E-state index contributed by atoms with van der Waals surface area (Å²) in [6, 6.07) is 6.01. The van der Waals surface area contributed by atoms with Crippen molar-refractivity contribution in [3.8, 4) is 5.75 Å². The molecule has 0 aliphatic heterocycles. The van der Waals surface area contributed by atoms with Crippen molar-refractivity contribution in [2.75, 3.05) is 18.1 Å². The van der Waals surface area contributed by atoms with Crippen molar-refractivity contribution in [3.05, 3.63) is 29.3 Å². The molecule has 0 radical (unpaired) electrons. The van der Waals surface area contributed by atoms with E-state index in [0.29, 0.717) is 18.2 Å². The Labute approximate surface area is 141 Å². The zero-order valence-corrected chi connectivity index (χ0v) is 14.9. The molecule has 0 saturated heterocycles. The normalized spacial score (nSPS) is 12.0. The Balaban J connectivity index is 2.52. The van der Waals surface area contributed by atoms with E-state index in [-0.39, 0.29) is 11.7 Å². The highest BCUT2D eigenvalue weighted by atomic mass is 32.2. The Morgan fingerprint density at radius 3 is 2.61 bits per heavy atom. The Hall–Kier alpha value is -1.69. The molecule has 0 saturated carbocycles. The number of aryl methyl sites for hydroxylation is 1. The number of ether oxygens (including phenoxy) is 1. The number of carboxylic acid groups (broad SMARTS) is 1. The van der Waals surface area contributed by atoms with Crippen LogP contribution in [-0.2, 0) is 9.59 Å². The number of thioether (sulfide) groups is 1. The average molecular weight is 339 g/mol. The van der Waals surface area contributed by atoms with Crippen LogP contribution in [0.1, 0.15) is 37.8 Å². The third kappa shape index (κ3) is 6.95. The first kappa shape index (κ1) is 19.4. The van der Waals surface area contributed by atoms with Crippen LogP contribution in [0.4, 0.5) is 0 Å². The molecule has 1 unspecified atom stereocenters. The lowest BCUT2D eigenvalue weighted by Gasteiger charge is -2.19. The second kappa shape index (κ2) is 9.45. The maximum atomic E-state index is 12.0. The molecule has 2 N–H and O–H groups in total. The topological polar surface area (TPSA) is 75.6 Å². The van der Waals surface area contributed by atoms with E-state index in [1.807, 2.05) is 25.1 Å². The van der Waals surface area contributed by atoms with Crippen LogP contribution in [0.3, 0.4) is 0 Å². The van der Waals surface area contributed by atoms with Gasteiger partial charge in [0.2, 0.25) is 0 Å². The van der Waals surface area contributed by atoms with Gasteiger partial charge in [0.05, 0.1) is 5.75 Å². The molecule has 5 nitrogen and oxygen atoms in total. The van der Waals surface area contributed by atoms with Gasteiger partial charge < -0.3 is 15.2 Å². The summed E-state index contributed by atoms with van der Waals surface area (Å²) in [5, 5.41) is 11.3. The van der Waals surface area contributed by atoms with Gasteiger partial charge in [-0.25, -0.2) is 0 Å². The molecule has 1 amide bonds. The Morgan fingerprint density at radius 1 is 1.30 bits per heavy atom. The molecule has 128 valence electrons. The summed E-state index contributed by atoms with van der Waals surface area (Å²) in [5.74, 6) is 0.613. The van der Waals surface area contributed by atoms with Gasteiger partial charge in [0.25, 0.3) is 5.91 Å². The number of carbonyl (C=O) groups is 2. The van der Waals surface area contributed by atoms with Crippen LogP contribution in [-0.4, -0.2) is 41.1 Å². The van der Waals surface area contributed by atoms with E-state index in [4.69, 9.17) is 9.84 Å². The van der Waals surface area contributed by atoms with Crippen LogP contribution in [0, 0.1) is 6.92 Å². The fraction of sp³-hybridized carbons (Fsp3) is 0.529. The molecular formula is C17H25NO4S. The maximum Gasteiger partial charge on any atom is 0.313 e. The number of benzene rings is 1. The van der Waals surface area contributed by atoms with Crippen LogP contribution in [0.5, 0.6) is 5.75 Å². The standard InChI is InChI=1S/C17H25NO4S/c1-11(2)14-6-5-12(3)9-15(14)22-13(4)17(21)18-7-8-23-10-16(19)20/h5-6,9,11,13H,7-8,10H2,1-4H3,(H,18,21)(H,19,20). The summed E-state index contributed by atoms with van der Waals surface area (Å²) >= 11 is 1.27. The number of hydrogen-bond acceptors (Lipinski definition) is 4. The Kier molecular flexibility index (Phi) is 7.95. The van der Waals surface area contributed by atoms with E-state index < -0.39 is 12.1 Å². The lowest BCUT2D eigenvalue weighted by Crippen LogP contribution is -2.37. The summed E-state index contributed by atoms with van der Waals surface area (Å²) in [6.45, 7) is 8.30. The molecule has 0 aromatic heterocycles. The molecule has 23 heavy (non-hydrogen) atoms. The van der Waals surface area contributed by atoms with Crippen molar-refractivity contribution in [1.82, 2.24) is 5.32 Å². The number of rotatable bonds is 9. The minimum absolute atomic E-state index is 0.0446. The van der Waals surface area contributed by atoms with Gasteiger partial charge in [-0.3, -0.25) is 9.59 Å². The summed E-state index contributed by atoms with van der Waals surface area (Å²) in [7, 11) is 0. The fourth-order valence-electron chi connectivity index (χ4n) is 2.01. The van der Waals surface area contributed by atoms with E-state index in [1.165, 1.54) is 11.8 Å². The van der Waals surface area contributed by atoms with Crippen LogP contribution in [0.15, 0.2) is 18.2 Å². The highest BCUT2D eigenvalue weighted by molar-refractivity contribution is 7.99. The van der Waals surface area contributed by atoms with Crippen molar-refractivity contribution in [2.45, 2.75) is 39.7 Å². The van der Waals surface area contributed by atoms with E-state index in [1.54, 1.807) is 6.92 Å². The minimum Gasteiger partial charge on any atom is -0.481 e. The van der Waals surface area contributed by atoms with Gasteiger partial charge in [-0.05, 0) is 37.0 Å². The number of carboxylic acids is 1. The van der Waals surface area contributed by atoms with Crippen LogP contribution < -0.4 is 10.1 Å². The molecule has 0 heterocycles. The lowest BCUT2D eigenvalue weighted by molar-refractivity contribution is -0.134. The van der Waals surface area contributed by atoms with Crippen LogP contribution in [0.25, 0.3) is 0 Å². The van der Waals surface area contributed by atoms with Crippen molar-refractivity contribution in [1.29, 1.82) is 0 Å². The predicted molar refractivity (Wildman–Crippen MR) is 93.3 cm³/mol. The van der Waals surface area contributed by atoms with Gasteiger partial charge in [-0.1, -0.05) is 26.0 Å². The molecule has 1 aromatic carbocycles. The molecule has 0 fully saturated rings. The lowest BCUT2D eigenvalue weighted by atomic mass is 10.0. The molecule has 6 heteroatoms. The monoisotopic (exact) mass is 339 g/mol. The van der Waals surface area contributed by atoms with Gasteiger partial charge in [0, 0.05) is 12.3 Å². The summed E-state index contributed by atoms with van der Waals surface area (Å²) < 4.78 is 5.83. The first-order chi connectivity index (χ1) is 10.8. The molecule has 0 spiro atoms. The Morgan fingerprint density at radius 2 is 2.00 bits per heavy atom. The summed E-state index contributed by atoms with van der Waals surface area (Å²) in [5.41, 5.74) is 2.16. The highest BCUT2D eigenvalue weighted by Gasteiger charge is 2.17. The van der Waals surface area contributed by atoms with E-state index in [9.17, 15) is 9.59 Å². The van der Waals surface area contributed by atoms with Crippen molar-refractivity contribution in [3.63, 3.8) is 0 Å². The first-order valence-corrected chi connectivity index (χ1v) is 8.81. The second-order valence-electron chi connectivity index (χ2n) is 5.69. The largest absolute Gasteiger partial charge is 0.481 e. The van der Waals surface area contributed by atoms with E-state index >= 15 is 0 Å². The second-order valence-corrected chi connectivity index (χ2v) is 6.80. The van der Waals surface area contributed by atoms with E-state index in [0.717, 1.165) is 16.9 Å². The van der Waals surface area contributed by atoms with Crippen molar-refractivity contribution in [2.24, 2.45) is 0 Å². The van der Waals surface area contributed by atoms with Gasteiger partial charge in [-0.15, -0.1) is 11.8 Å². The number of amides is 1. The molecular weight excluding hydrogens is 314 g/mol. The van der Waals surface area contributed by atoms with Crippen LogP contribution in [0.2, 0.25) is 0 Å². The SMILES string of the molecule is Cc1ccc(C(C)C)c(OC(C)C(=O)NCCSCC(=O)O)c1. The van der Waals surface area contributed by atoms with Gasteiger partial charge in [0.1, 0.15) is 5.75 Å². The summed E-state index contributed by atoms with van der Waals surface area (Å²) in [6.07, 6.45) is -0.598. The smallest absolute Gasteiger partial charge is 0.313 e. The first-order valence-electron chi connectivity index (χ1n) is 7.65. The third-order valence-corrected chi connectivity index (χ3v) is 4.18. The molecule has 1 rings (SSSR count). The fourth-order valence-corrected chi connectivity index (χ4v) is 2.58. The van der Waals surface area contributed by atoms with Crippen molar-refractivity contribution >= 4 is 23.6 Å². The number of carbonyl (C=O) groups excluding carboxylic acids is 1. The number of nitrogens with one attached hydrogen (secondary N) is 1. The van der Waals surface area contributed by atoms with Gasteiger partial charge in [0.15, 0.2) is 6.10 Å². The predicted octanol–water partition coefficient (Wildman–Crippen LogP) is 2.82. The van der Waals surface area contributed by atoms with Crippen molar-refractivity contribution < 1.29 is 19.4 Å². The quantitative estimate of drug-likeness (QED) is 0.677. The average Bonchev–Trinajstić information content (AvgIpc) is 2.46. The number of aliphatic carboxylic acids is 1. The zero-order valence-electron chi connectivity index (χ0n) is 14.1. The third-order valence-electron chi connectivity index (χ3n) is 3.24. The highest BCUT2D eigenvalue weighted by Crippen LogP contribution is 2.28. The Bertz CT molecular complexity index is 545. The van der Waals surface area contributed by atoms with E-state index in [2.05, 4.69) is 19.2 Å². The summed E-state index contributed by atoms with van der Waals surface area (Å²) in [4.78, 5) is 22.4. The number of hydrogen-bond donors (Lipinski definition) is 2. The molecule has 1 atom stereocenters.